The molecule has 1 atom stereocenters. The first kappa shape index (κ1) is 13.0. The van der Waals surface area contributed by atoms with Gasteiger partial charge in [0.15, 0.2) is 9.84 Å². The summed E-state index contributed by atoms with van der Waals surface area (Å²) in [7, 11) is -3.64. The molecule has 0 bridgehead atoms. The quantitative estimate of drug-likeness (QED) is 0.792. The Morgan fingerprint density at radius 2 is 2.06 bits per heavy atom. The van der Waals surface area contributed by atoms with Gasteiger partial charge in [-0.2, -0.15) is 0 Å². The van der Waals surface area contributed by atoms with Crippen LogP contribution in [-0.2, 0) is 14.6 Å². The van der Waals surface area contributed by atoms with Crippen molar-refractivity contribution in [2.45, 2.75) is 10.9 Å². The molecule has 0 aliphatic rings. The van der Waals surface area contributed by atoms with Gasteiger partial charge in [0.1, 0.15) is 0 Å². The van der Waals surface area contributed by atoms with E-state index in [0.717, 1.165) is 0 Å². The number of nitrogens with two attached hydrogens (primary N) is 2. The van der Waals surface area contributed by atoms with Crippen molar-refractivity contribution in [3.05, 3.63) is 29.3 Å². The maximum atomic E-state index is 11.8. The topological polar surface area (TPSA) is 103 Å². The summed E-state index contributed by atoms with van der Waals surface area (Å²) >= 11 is 5.66. The van der Waals surface area contributed by atoms with Crippen LogP contribution in [0.25, 0.3) is 0 Å². The Kier molecular flexibility index (Phi) is 3.90. The van der Waals surface area contributed by atoms with Crippen molar-refractivity contribution in [2.75, 3.05) is 5.75 Å². The fourth-order valence-corrected chi connectivity index (χ4v) is 2.75. The number of carbonyl (C=O) groups excluding carboxylic acids is 1. The molecule has 16 heavy (non-hydrogen) atoms. The molecule has 1 aromatic carbocycles. The zero-order valence-corrected chi connectivity index (χ0v) is 9.83. The zero-order valence-electron chi connectivity index (χ0n) is 8.26. The van der Waals surface area contributed by atoms with Crippen LogP contribution in [-0.4, -0.2) is 26.1 Å². The molecule has 0 radical (unpaired) electrons. The monoisotopic (exact) mass is 262 g/mol. The molecule has 0 fully saturated rings. The van der Waals surface area contributed by atoms with Crippen LogP contribution in [0.2, 0.25) is 5.02 Å². The Morgan fingerprint density at radius 1 is 1.44 bits per heavy atom. The third-order valence-corrected chi connectivity index (χ3v) is 3.92. The molecule has 1 rings (SSSR count). The van der Waals surface area contributed by atoms with Crippen molar-refractivity contribution >= 4 is 27.3 Å². The fraction of sp³-hybridized carbons (Fsp3) is 0.222. The molecule has 88 valence electrons. The number of hydrogen-bond acceptors (Lipinski definition) is 4. The Hall–Kier alpha value is -1.11. The van der Waals surface area contributed by atoms with E-state index in [2.05, 4.69) is 0 Å². The summed E-state index contributed by atoms with van der Waals surface area (Å²) in [4.78, 5) is 10.7. The largest absolute Gasteiger partial charge is 0.368 e. The zero-order chi connectivity index (χ0) is 12.3. The lowest BCUT2D eigenvalue weighted by Gasteiger charge is -2.08. The molecule has 0 saturated heterocycles. The van der Waals surface area contributed by atoms with Crippen molar-refractivity contribution in [3.63, 3.8) is 0 Å². The van der Waals surface area contributed by atoms with E-state index in [1.54, 1.807) is 6.07 Å². The van der Waals surface area contributed by atoms with E-state index in [9.17, 15) is 13.2 Å². The van der Waals surface area contributed by atoms with Crippen LogP contribution < -0.4 is 11.5 Å². The van der Waals surface area contributed by atoms with Crippen LogP contribution >= 0.6 is 11.6 Å². The lowest BCUT2D eigenvalue weighted by Crippen LogP contribution is -2.41. The van der Waals surface area contributed by atoms with Gasteiger partial charge < -0.3 is 11.5 Å². The molecule has 0 aliphatic heterocycles. The van der Waals surface area contributed by atoms with E-state index in [1.807, 2.05) is 0 Å². The summed E-state index contributed by atoms with van der Waals surface area (Å²) < 4.78 is 23.5. The smallest absolute Gasteiger partial charge is 0.235 e. The van der Waals surface area contributed by atoms with Gasteiger partial charge in [0.25, 0.3) is 0 Å². The first-order valence-corrected chi connectivity index (χ1v) is 6.39. The molecule has 0 saturated carbocycles. The molecule has 0 aromatic heterocycles. The second-order valence-electron chi connectivity index (χ2n) is 3.25. The molecule has 5 nitrogen and oxygen atoms in total. The molecule has 1 amide bonds. The molecule has 0 spiro atoms. The number of amides is 1. The maximum absolute atomic E-state index is 11.8. The fourth-order valence-electron chi connectivity index (χ4n) is 1.08. The highest BCUT2D eigenvalue weighted by atomic mass is 35.5. The Bertz CT molecular complexity index is 501. The second-order valence-corrected chi connectivity index (χ2v) is 5.72. The minimum Gasteiger partial charge on any atom is -0.368 e. The Balaban J connectivity index is 2.99. The van der Waals surface area contributed by atoms with E-state index in [-0.39, 0.29) is 4.90 Å². The molecule has 7 heteroatoms. The van der Waals surface area contributed by atoms with E-state index in [1.165, 1.54) is 18.2 Å². The van der Waals surface area contributed by atoms with Gasteiger partial charge in [0, 0.05) is 5.02 Å². The Morgan fingerprint density at radius 3 is 2.56 bits per heavy atom. The highest BCUT2D eigenvalue weighted by Gasteiger charge is 2.22. The predicted molar refractivity (Wildman–Crippen MR) is 60.7 cm³/mol. The van der Waals surface area contributed by atoms with E-state index < -0.39 is 27.5 Å². The number of primary amides is 1. The summed E-state index contributed by atoms with van der Waals surface area (Å²) in [6.07, 6.45) is 0. The third-order valence-electron chi connectivity index (χ3n) is 1.92. The maximum Gasteiger partial charge on any atom is 0.235 e. The number of halogens is 1. The van der Waals surface area contributed by atoms with Crippen molar-refractivity contribution < 1.29 is 13.2 Å². The van der Waals surface area contributed by atoms with Crippen molar-refractivity contribution in [2.24, 2.45) is 11.5 Å². The minimum atomic E-state index is -3.64. The van der Waals surface area contributed by atoms with Crippen LogP contribution in [0.3, 0.4) is 0 Å². The normalized spacial score (nSPS) is 13.4. The predicted octanol–water partition coefficient (Wildman–Crippen LogP) is -0.0737. The van der Waals surface area contributed by atoms with Gasteiger partial charge in [0.05, 0.1) is 16.7 Å². The highest BCUT2D eigenvalue weighted by molar-refractivity contribution is 7.91. The summed E-state index contributed by atoms with van der Waals surface area (Å²) in [6.45, 7) is 0. The molecule has 0 heterocycles. The average molecular weight is 263 g/mol. The van der Waals surface area contributed by atoms with E-state index >= 15 is 0 Å². The summed E-state index contributed by atoms with van der Waals surface area (Å²) in [5.74, 6) is -1.38. The van der Waals surface area contributed by atoms with Gasteiger partial charge in [-0.1, -0.05) is 17.7 Å². The highest BCUT2D eigenvalue weighted by Crippen LogP contribution is 2.16. The van der Waals surface area contributed by atoms with Crippen LogP contribution in [0.1, 0.15) is 0 Å². The average Bonchev–Trinajstić information content (AvgIpc) is 2.17. The number of rotatable bonds is 4. The van der Waals surface area contributed by atoms with E-state index in [4.69, 9.17) is 23.1 Å². The van der Waals surface area contributed by atoms with Gasteiger partial charge in [-0.3, -0.25) is 4.79 Å². The number of benzene rings is 1. The van der Waals surface area contributed by atoms with Crippen molar-refractivity contribution in [1.82, 2.24) is 0 Å². The van der Waals surface area contributed by atoms with Gasteiger partial charge >= 0.3 is 0 Å². The standard InChI is InChI=1S/C9H11ClN2O3S/c10-6-2-1-3-7(4-6)16(14,15)5-8(11)9(12)13/h1-4,8H,5,11H2,(H2,12,13). The van der Waals surface area contributed by atoms with Crippen LogP contribution in [0.5, 0.6) is 0 Å². The first-order valence-electron chi connectivity index (χ1n) is 4.36. The first-order chi connectivity index (χ1) is 7.33. The summed E-state index contributed by atoms with van der Waals surface area (Å²) in [5.41, 5.74) is 10.2. The van der Waals surface area contributed by atoms with Crippen molar-refractivity contribution in [1.29, 1.82) is 0 Å². The molecule has 0 aliphatic carbocycles. The SMILES string of the molecule is NC(=O)C(N)CS(=O)(=O)c1cccc(Cl)c1. The molecule has 1 aromatic rings. The third kappa shape index (κ3) is 3.19. The minimum absolute atomic E-state index is 0.0247. The Labute approximate surface area is 98.3 Å². The number of hydrogen-bond donors (Lipinski definition) is 2. The number of sulfone groups is 1. The number of carbonyl (C=O) groups is 1. The molecule has 1 unspecified atom stereocenters. The second kappa shape index (κ2) is 4.82. The lowest BCUT2D eigenvalue weighted by atomic mass is 10.3. The van der Waals surface area contributed by atoms with Crippen LogP contribution in [0, 0.1) is 0 Å². The van der Waals surface area contributed by atoms with Crippen LogP contribution in [0.4, 0.5) is 0 Å². The van der Waals surface area contributed by atoms with Gasteiger partial charge in [-0.25, -0.2) is 8.42 Å². The summed E-state index contributed by atoms with van der Waals surface area (Å²) in [6, 6.07) is 4.52. The van der Waals surface area contributed by atoms with Gasteiger partial charge in [0.2, 0.25) is 5.91 Å². The molecule has 4 N–H and O–H groups in total. The van der Waals surface area contributed by atoms with Crippen molar-refractivity contribution in [3.8, 4) is 0 Å². The lowest BCUT2D eigenvalue weighted by molar-refractivity contribution is -0.118. The van der Waals surface area contributed by atoms with E-state index in [0.29, 0.717) is 5.02 Å². The molecular weight excluding hydrogens is 252 g/mol. The van der Waals surface area contributed by atoms with Crippen LogP contribution in [0.15, 0.2) is 29.2 Å². The van der Waals surface area contributed by atoms with Gasteiger partial charge in [-0.05, 0) is 18.2 Å². The molecular formula is C9H11ClN2O3S. The van der Waals surface area contributed by atoms with Gasteiger partial charge in [-0.15, -0.1) is 0 Å². The summed E-state index contributed by atoms with van der Waals surface area (Å²) in [5, 5.41) is 0.300.